The van der Waals surface area contributed by atoms with Crippen LogP contribution >= 0.6 is 0 Å². The fraction of sp³-hybridized carbons (Fsp3) is 0.882. The molecule has 1 saturated heterocycles. The number of ether oxygens (including phenoxy) is 1. The van der Waals surface area contributed by atoms with Gasteiger partial charge in [0.2, 0.25) is 11.8 Å². The Morgan fingerprint density at radius 2 is 1.83 bits per heavy atom. The SMILES string of the molecule is COC1CCN(C(C)(C)CNC(=O)CNC(=O)[C@@H](N)C(C)C)CC1. The summed E-state index contributed by atoms with van der Waals surface area (Å²) in [5.74, 6) is -0.442. The third kappa shape index (κ3) is 6.37. The van der Waals surface area contributed by atoms with Gasteiger partial charge in [0.25, 0.3) is 0 Å². The van der Waals surface area contributed by atoms with E-state index in [4.69, 9.17) is 10.5 Å². The van der Waals surface area contributed by atoms with Crippen LogP contribution in [0.25, 0.3) is 0 Å². The largest absolute Gasteiger partial charge is 0.381 e. The maximum Gasteiger partial charge on any atom is 0.239 e. The lowest BCUT2D eigenvalue weighted by molar-refractivity contribution is -0.127. The molecule has 1 fully saturated rings. The molecule has 1 atom stereocenters. The molecule has 0 unspecified atom stereocenters. The Morgan fingerprint density at radius 3 is 2.33 bits per heavy atom. The summed E-state index contributed by atoms with van der Waals surface area (Å²) < 4.78 is 5.39. The van der Waals surface area contributed by atoms with Gasteiger partial charge in [-0.2, -0.15) is 0 Å². The smallest absolute Gasteiger partial charge is 0.239 e. The molecular weight excluding hydrogens is 308 g/mol. The normalized spacial score (nSPS) is 18.5. The molecule has 0 aromatic carbocycles. The number of nitrogens with one attached hydrogen (secondary N) is 2. The Hall–Kier alpha value is -1.18. The number of likely N-dealkylation sites (tertiary alicyclic amines) is 1. The molecule has 0 aliphatic carbocycles. The standard InChI is InChI=1S/C17H34N4O3/c1-12(2)15(18)16(23)19-10-14(22)20-11-17(3,4)21-8-6-13(24-5)7-9-21/h12-13,15H,6-11,18H2,1-5H3,(H,19,23)(H,20,22)/t15-/m0/s1. The van der Waals surface area contributed by atoms with Crippen molar-refractivity contribution in [3.8, 4) is 0 Å². The van der Waals surface area contributed by atoms with Crippen LogP contribution in [0.2, 0.25) is 0 Å². The number of methoxy groups -OCH3 is 1. The van der Waals surface area contributed by atoms with E-state index in [9.17, 15) is 9.59 Å². The van der Waals surface area contributed by atoms with Gasteiger partial charge in [0.15, 0.2) is 0 Å². The number of carbonyl (C=O) groups excluding carboxylic acids is 2. The molecule has 0 saturated carbocycles. The monoisotopic (exact) mass is 342 g/mol. The molecule has 0 aromatic heterocycles. The summed E-state index contributed by atoms with van der Waals surface area (Å²) in [5, 5.41) is 5.49. The predicted molar refractivity (Wildman–Crippen MR) is 94.5 cm³/mol. The second-order valence-electron chi connectivity index (χ2n) is 7.50. The van der Waals surface area contributed by atoms with E-state index in [1.54, 1.807) is 7.11 Å². The summed E-state index contributed by atoms with van der Waals surface area (Å²) in [5.41, 5.74) is 5.62. The number of amides is 2. The maximum atomic E-state index is 12.0. The Kier molecular flexibility index (Phi) is 8.12. The van der Waals surface area contributed by atoms with E-state index in [-0.39, 0.29) is 29.8 Å². The van der Waals surface area contributed by atoms with Gasteiger partial charge < -0.3 is 21.1 Å². The zero-order valence-corrected chi connectivity index (χ0v) is 15.7. The highest BCUT2D eigenvalue weighted by atomic mass is 16.5. The van der Waals surface area contributed by atoms with E-state index < -0.39 is 6.04 Å². The third-order valence-corrected chi connectivity index (χ3v) is 4.79. The van der Waals surface area contributed by atoms with Gasteiger partial charge in [-0.3, -0.25) is 14.5 Å². The fourth-order valence-electron chi connectivity index (χ4n) is 2.77. The first-order chi connectivity index (χ1) is 11.2. The van der Waals surface area contributed by atoms with E-state index in [2.05, 4.69) is 29.4 Å². The predicted octanol–water partition coefficient (Wildman–Crippen LogP) is 0.0915. The first-order valence-electron chi connectivity index (χ1n) is 8.75. The molecule has 0 bridgehead atoms. The average molecular weight is 342 g/mol. The summed E-state index contributed by atoms with van der Waals surface area (Å²) in [6, 6.07) is -0.587. The fourth-order valence-corrected chi connectivity index (χ4v) is 2.77. The van der Waals surface area contributed by atoms with Gasteiger partial charge >= 0.3 is 0 Å². The van der Waals surface area contributed by atoms with Crippen LogP contribution in [0.5, 0.6) is 0 Å². The molecular formula is C17H34N4O3. The topological polar surface area (TPSA) is 96.7 Å². The van der Waals surface area contributed by atoms with Crippen LogP contribution in [-0.2, 0) is 14.3 Å². The number of nitrogens with zero attached hydrogens (tertiary/aromatic N) is 1. The van der Waals surface area contributed by atoms with Crippen molar-refractivity contribution in [3.63, 3.8) is 0 Å². The second kappa shape index (κ2) is 9.34. The molecule has 1 aliphatic heterocycles. The van der Waals surface area contributed by atoms with Crippen molar-refractivity contribution in [3.05, 3.63) is 0 Å². The number of hydrogen-bond donors (Lipinski definition) is 3. The number of hydrogen-bond acceptors (Lipinski definition) is 5. The number of piperidine rings is 1. The minimum atomic E-state index is -0.587. The van der Waals surface area contributed by atoms with Crippen molar-refractivity contribution in [1.82, 2.24) is 15.5 Å². The Morgan fingerprint density at radius 1 is 1.25 bits per heavy atom. The average Bonchev–Trinajstić information content (AvgIpc) is 2.57. The van der Waals surface area contributed by atoms with Crippen molar-refractivity contribution < 1.29 is 14.3 Å². The van der Waals surface area contributed by atoms with Crippen molar-refractivity contribution in [2.75, 3.05) is 33.3 Å². The van der Waals surface area contributed by atoms with E-state index in [0.717, 1.165) is 25.9 Å². The summed E-state index contributed by atoms with van der Waals surface area (Å²) in [6.45, 7) is 10.4. The van der Waals surface area contributed by atoms with Crippen molar-refractivity contribution in [2.45, 2.75) is 58.2 Å². The summed E-state index contributed by atoms with van der Waals surface area (Å²) >= 11 is 0. The number of nitrogens with two attached hydrogens (primary N) is 1. The van der Waals surface area contributed by atoms with Gasteiger partial charge in [-0.1, -0.05) is 13.8 Å². The van der Waals surface area contributed by atoms with E-state index >= 15 is 0 Å². The Labute approximate surface area is 145 Å². The van der Waals surface area contributed by atoms with Crippen LogP contribution in [0.4, 0.5) is 0 Å². The summed E-state index contributed by atoms with van der Waals surface area (Å²) in [6.07, 6.45) is 2.36. The maximum absolute atomic E-state index is 12.0. The minimum absolute atomic E-state index is 0.0406. The Bertz CT molecular complexity index is 418. The van der Waals surface area contributed by atoms with E-state index in [0.29, 0.717) is 12.6 Å². The second-order valence-corrected chi connectivity index (χ2v) is 7.50. The highest BCUT2D eigenvalue weighted by Crippen LogP contribution is 2.21. The molecule has 7 nitrogen and oxygen atoms in total. The lowest BCUT2D eigenvalue weighted by Crippen LogP contribution is -2.56. The lowest BCUT2D eigenvalue weighted by Gasteiger charge is -2.42. The van der Waals surface area contributed by atoms with E-state index in [1.807, 2.05) is 13.8 Å². The molecule has 7 heteroatoms. The first-order valence-corrected chi connectivity index (χ1v) is 8.75. The highest BCUT2D eigenvalue weighted by molar-refractivity contribution is 5.87. The van der Waals surface area contributed by atoms with Crippen molar-refractivity contribution >= 4 is 11.8 Å². The highest BCUT2D eigenvalue weighted by Gasteiger charge is 2.31. The molecule has 24 heavy (non-hydrogen) atoms. The van der Waals surface area contributed by atoms with Crippen LogP contribution in [0.3, 0.4) is 0 Å². The molecule has 2 amide bonds. The number of rotatable bonds is 8. The lowest BCUT2D eigenvalue weighted by atomic mass is 9.97. The van der Waals surface area contributed by atoms with Crippen LogP contribution in [0, 0.1) is 5.92 Å². The Balaban J connectivity index is 2.33. The van der Waals surface area contributed by atoms with Crippen LogP contribution in [0.15, 0.2) is 0 Å². The number of carbonyl (C=O) groups is 2. The van der Waals surface area contributed by atoms with Crippen LogP contribution in [-0.4, -0.2) is 67.7 Å². The van der Waals surface area contributed by atoms with Crippen molar-refractivity contribution in [1.29, 1.82) is 0 Å². The van der Waals surface area contributed by atoms with Gasteiger partial charge in [0.1, 0.15) is 0 Å². The first kappa shape index (κ1) is 20.9. The van der Waals surface area contributed by atoms with Gasteiger partial charge in [-0.05, 0) is 32.6 Å². The van der Waals surface area contributed by atoms with Crippen molar-refractivity contribution in [2.24, 2.45) is 11.7 Å². The van der Waals surface area contributed by atoms with Crippen LogP contribution < -0.4 is 16.4 Å². The quantitative estimate of drug-likeness (QED) is 0.581. The summed E-state index contributed by atoms with van der Waals surface area (Å²) in [4.78, 5) is 26.1. The molecule has 0 aromatic rings. The van der Waals surface area contributed by atoms with Gasteiger partial charge in [0, 0.05) is 32.3 Å². The molecule has 1 aliphatic rings. The molecule has 4 N–H and O–H groups in total. The third-order valence-electron chi connectivity index (χ3n) is 4.79. The van der Waals surface area contributed by atoms with Crippen LogP contribution in [0.1, 0.15) is 40.5 Å². The molecule has 1 heterocycles. The molecule has 0 spiro atoms. The van der Waals surface area contributed by atoms with E-state index in [1.165, 1.54) is 0 Å². The summed E-state index contributed by atoms with van der Waals surface area (Å²) in [7, 11) is 1.76. The van der Waals surface area contributed by atoms with Gasteiger partial charge in [0.05, 0.1) is 18.7 Å². The van der Waals surface area contributed by atoms with Gasteiger partial charge in [-0.15, -0.1) is 0 Å². The molecule has 0 radical (unpaired) electrons. The molecule has 1 rings (SSSR count). The molecule has 140 valence electrons. The van der Waals surface area contributed by atoms with Gasteiger partial charge in [-0.25, -0.2) is 0 Å². The minimum Gasteiger partial charge on any atom is -0.381 e. The zero-order chi connectivity index (χ0) is 18.3. The zero-order valence-electron chi connectivity index (χ0n) is 15.7.